The third-order valence-electron chi connectivity index (χ3n) is 5.54. The summed E-state index contributed by atoms with van der Waals surface area (Å²) in [6.45, 7) is 3.14. The van der Waals surface area contributed by atoms with Crippen molar-refractivity contribution >= 4 is 5.91 Å². The van der Waals surface area contributed by atoms with Gasteiger partial charge in [0.1, 0.15) is 11.6 Å². The summed E-state index contributed by atoms with van der Waals surface area (Å²) in [7, 11) is 0. The lowest BCUT2D eigenvalue weighted by molar-refractivity contribution is -0.133. The molecule has 1 aliphatic rings. The molecule has 0 spiro atoms. The zero-order valence-electron chi connectivity index (χ0n) is 17.1. The Morgan fingerprint density at radius 3 is 2.65 bits per heavy atom. The van der Waals surface area contributed by atoms with E-state index in [1.807, 2.05) is 16.8 Å². The molecule has 1 aliphatic heterocycles. The standard InChI is InChI=1S/C23H23F3N4O/c1-14-2-4-16(10-19(14)25)21-12-29-6-7-30(13-22(29)28-21)23(31)11-17(27)8-15-3-5-18(24)20(26)9-15/h2-5,9-10,12,17H,6-8,11,13,27H2,1H3/t17-/m1/s1. The van der Waals surface area contributed by atoms with E-state index in [4.69, 9.17) is 5.73 Å². The van der Waals surface area contributed by atoms with Gasteiger partial charge >= 0.3 is 0 Å². The molecule has 1 amide bonds. The van der Waals surface area contributed by atoms with E-state index in [-0.39, 0.29) is 24.6 Å². The SMILES string of the molecule is Cc1ccc(-c2cn3c(n2)CN(C(=O)C[C@H](N)Cc2ccc(F)c(F)c2)CC3)cc1F. The van der Waals surface area contributed by atoms with E-state index in [0.29, 0.717) is 42.0 Å². The van der Waals surface area contributed by atoms with Crippen LogP contribution in [0.3, 0.4) is 0 Å². The Labute approximate surface area is 178 Å². The summed E-state index contributed by atoms with van der Waals surface area (Å²) in [6, 6.07) is 8.12. The number of benzene rings is 2. The highest BCUT2D eigenvalue weighted by atomic mass is 19.2. The van der Waals surface area contributed by atoms with E-state index in [2.05, 4.69) is 4.98 Å². The summed E-state index contributed by atoms with van der Waals surface area (Å²) in [5, 5.41) is 0. The minimum Gasteiger partial charge on any atom is -0.333 e. The summed E-state index contributed by atoms with van der Waals surface area (Å²) in [6.07, 6.45) is 2.24. The van der Waals surface area contributed by atoms with Gasteiger partial charge in [-0.25, -0.2) is 18.2 Å². The molecule has 31 heavy (non-hydrogen) atoms. The van der Waals surface area contributed by atoms with Gasteiger partial charge in [-0.05, 0) is 42.7 Å². The minimum absolute atomic E-state index is 0.0930. The van der Waals surface area contributed by atoms with Gasteiger partial charge in [-0.15, -0.1) is 0 Å². The number of carbonyl (C=O) groups excluding carboxylic acids is 1. The van der Waals surface area contributed by atoms with E-state index in [1.54, 1.807) is 17.9 Å². The summed E-state index contributed by atoms with van der Waals surface area (Å²) < 4.78 is 42.3. The number of nitrogens with zero attached hydrogens (tertiary/aromatic N) is 3. The van der Waals surface area contributed by atoms with Crippen molar-refractivity contribution in [3.05, 3.63) is 77.0 Å². The van der Waals surface area contributed by atoms with E-state index < -0.39 is 17.7 Å². The highest BCUT2D eigenvalue weighted by Gasteiger charge is 2.24. The second kappa shape index (κ2) is 8.55. The number of rotatable bonds is 5. The van der Waals surface area contributed by atoms with Crippen LogP contribution in [0.2, 0.25) is 0 Å². The molecule has 0 aliphatic carbocycles. The van der Waals surface area contributed by atoms with Crippen molar-refractivity contribution in [1.29, 1.82) is 0 Å². The van der Waals surface area contributed by atoms with Crippen LogP contribution in [-0.4, -0.2) is 32.9 Å². The fraction of sp³-hybridized carbons (Fsp3) is 0.304. The van der Waals surface area contributed by atoms with E-state index in [0.717, 1.165) is 18.0 Å². The molecular formula is C23H23F3N4O. The van der Waals surface area contributed by atoms with E-state index in [1.165, 1.54) is 12.1 Å². The molecule has 0 saturated carbocycles. The summed E-state index contributed by atoms with van der Waals surface area (Å²) in [5.74, 6) is -1.51. The maximum absolute atomic E-state index is 13.9. The number of nitrogens with two attached hydrogens (primary N) is 1. The molecule has 0 fully saturated rings. The lowest BCUT2D eigenvalue weighted by atomic mass is 10.0. The zero-order chi connectivity index (χ0) is 22.1. The zero-order valence-corrected chi connectivity index (χ0v) is 17.1. The second-order valence-corrected chi connectivity index (χ2v) is 7.93. The third-order valence-corrected chi connectivity index (χ3v) is 5.54. The molecular weight excluding hydrogens is 405 g/mol. The molecule has 0 unspecified atom stereocenters. The van der Waals surface area contributed by atoms with Gasteiger partial charge in [0.05, 0.1) is 12.2 Å². The molecule has 8 heteroatoms. The topological polar surface area (TPSA) is 64.2 Å². The second-order valence-electron chi connectivity index (χ2n) is 7.93. The Balaban J connectivity index is 1.39. The number of carbonyl (C=O) groups is 1. The van der Waals surface area contributed by atoms with Crippen LogP contribution in [0.15, 0.2) is 42.6 Å². The fourth-order valence-corrected chi connectivity index (χ4v) is 3.75. The van der Waals surface area contributed by atoms with Crippen molar-refractivity contribution in [2.24, 2.45) is 5.73 Å². The molecule has 1 aromatic heterocycles. The predicted molar refractivity (Wildman–Crippen MR) is 110 cm³/mol. The van der Waals surface area contributed by atoms with Crippen LogP contribution in [0.4, 0.5) is 13.2 Å². The first kappa shape index (κ1) is 21.1. The van der Waals surface area contributed by atoms with Crippen LogP contribution in [0, 0.1) is 24.4 Å². The van der Waals surface area contributed by atoms with Gasteiger partial charge in [0.2, 0.25) is 5.91 Å². The molecule has 2 N–H and O–H groups in total. The number of hydrogen-bond acceptors (Lipinski definition) is 3. The summed E-state index contributed by atoms with van der Waals surface area (Å²) in [4.78, 5) is 19.0. The van der Waals surface area contributed by atoms with Crippen molar-refractivity contribution in [2.45, 2.75) is 38.9 Å². The van der Waals surface area contributed by atoms with E-state index in [9.17, 15) is 18.0 Å². The van der Waals surface area contributed by atoms with Gasteiger partial charge in [0.15, 0.2) is 11.6 Å². The first-order chi connectivity index (χ1) is 14.8. The van der Waals surface area contributed by atoms with E-state index >= 15 is 0 Å². The number of aryl methyl sites for hydroxylation is 1. The van der Waals surface area contributed by atoms with Crippen molar-refractivity contribution in [3.8, 4) is 11.3 Å². The van der Waals surface area contributed by atoms with Crippen LogP contribution in [-0.2, 0) is 24.3 Å². The number of amides is 1. The number of imidazole rings is 1. The third kappa shape index (κ3) is 4.64. The smallest absolute Gasteiger partial charge is 0.224 e. The molecule has 162 valence electrons. The average molecular weight is 428 g/mol. The molecule has 3 aromatic rings. The molecule has 1 atom stereocenters. The van der Waals surface area contributed by atoms with Crippen LogP contribution in [0.5, 0.6) is 0 Å². The molecule has 5 nitrogen and oxygen atoms in total. The quantitative estimate of drug-likeness (QED) is 0.676. The molecule has 0 radical (unpaired) electrons. The normalized spacial score (nSPS) is 14.4. The molecule has 4 rings (SSSR count). The Morgan fingerprint density at radius 2 is 1.90 bits per heavy atom. The van der Waals surface area contributed by atoms with Crippen LogP contribution in [0.25, 0.3) is 11.3 Å². The number of aromatic nitrogens is 2. The number of hydrogen-bond donors (Lipinski definition) is 1. The lowest BCUT2D eigenvalue weighted by Crippen LogP contribution is -2.41. The van der Waals surface area contributed by atoms with Crippen molar-refractivity contribution in [1.82, 2.24) is 14.5 Å². The Kier molecular flexibility index (Phi) is 5.82. The molecule has 2 aromatic carbocycles. The highest BCUT2D eigenvalue weighted by molar-refractivity contribution is 5.77. The van der Waals surface area contributed by atoms with Gasteiger partial charge in [0.25, 0.3) is 0 Å². The van der Waals surface area contributed by atoms with Crippen molar-refractivity contribution < 1.29 is 18.0 Å². The van der Waals surface area contributed by atoms with Gasteiger partial charge < -0.3 is 15.2 Å². The van der Waals surface area contributed by atoms with Gasteiger partial charge in [0, 0.05) is 37.3 Å². The average Bonchev–Trinajstić information content (AvgIpc) is 3.16. The fourth-order valence-electron chi connectivity index (χ4n) is 3.75. The van der Waals surface area contributed by atoms with Crippen LogP contribution >= 0.6 is 0 Å². The van der Waals surface area contributed by atoms with Crippen molar-refractivity contribution in [2.75, 3.05) is 6.54 Å². The maximum atomic E-state index is 13.9. The Hall–Kier alpha value is -3.13. The number of fused-ring (bicyclic) bond motifs is 1. The van der Waals surface area contributed by atoms with Gasteiger partial charge in [-0.1, -0.05) is 18.2 Å². The molecule has 0 bridgehead atoms. The largest absolute Gasteiger partial charge is 0.333 e. The van der Waals surface area contributed by atoms with Gasteiger partial charge in [-0.3, -0.25) is 4.79 Å². The minimum atomic E-state index is -0.928. The summed E-state index contributed by atoms with van der Waals surface area (Å²) >= 11 is 0. The molecule has 2 heterocycles. The first-order valence-corrected chi connectivity index (χ1v) is 10.1. The van der Waals surface area contributed by atoms with Gasteiger partial charge in [-0.2, -0.15) is 0 Å². The summed E-state index contributed by atoms with van der Waals surface area (Å²) in [5.41, 5.74) is 8.56. The first-order valence-electron chi connectivity index (χ1n) is 10.1. The number of halogens is 3. The Bertz CT molecular complexity index is 1130. The highest BCUT2D eigenvalue weighted by Crippen LogP contribution is 2.24. The van der Waals surface area contributed by atoms with Crippen molar-refractivity contribution in [3.63, 3.8) is 0 Å². The Morgan fingerprint density at radius 1 is 1.10 bits per heavy atom. The predicted octanol–water partition coefficient (Wildman–Crippen LogP) is 3.58. The lowest BCUT2D eigenvalue weighted by Gasteiger charge is -2.28. The van der Waals surface area contributed by atoms with Crippen LogP contribution < -0.4 is 5.73 Å². The molecule has 0 saturated heterocycles. The monoisotopic (exact) mass is 428 g/mol. The maximum Gasteiger partial charge on any atom is 0.224 e. The van der Waals surface area contributed by atoms with Crippen LogP contribution in [0.1, 0.15) is 23.4 Å².